The molecular formula is C23H48. The summed E-state index contributed by atoms with van der Waals surface area (Å²) in [7, 11) is 0. The maximum absolute atomic E-state index is 2.50. The van der Waals surface area contributed by atoms with Crippen LogP contribution in [0.5, 0.6) is 0 Å². The highest BCUT2D eigenvalue weighted by Crippen LogP contribution is 2.31. The molecule has 0 rings (SSSR count). The molecule has 23 heavy (non-hydrogen) atoms. The lowest BCUT2D eigenvalue weighted by molar-refractivity contribution is 0.270. The van der Waals surface area contributed by atoms with E-state index in [-0.39, 0.29) is 0 Å². The molecule has 0 aromatic heterocycles. The fourth-order valence-electron chi connectivity index (χ4n) is 3.73. The molecule has 0 heteroatoms. The zero-order valence-corrected chi connectivity index (χ0v) is 17.6. The number of hydrogen-bond acceptors (Lipinski definition) is 0. The van der Waals surface area contributed by atoms with Gasteiger partial charge in [-0.25, -0.2) is 0 Å². The normalized spacial score (nSPS) is 14.9. The van der Waals surface area contributed by atoms with Crippen LogP contribution in [0.25, 0.3) is 0 Å². The highest BCUT2D eigenvalue weighted by atomic mass is 14.2. The van der Waals surface area contributed by atoms with Crippen LogP contribution < -0.4 is 0 Å². The van der Waals surface area contributed by atoms with Crippen LogP contribution in [-0.4, -0.2) is 0 Å². The SMILES string of the molecule is CCCCCC(C)CCCC(C)(C)CCCCC(C)CCCC. The third kappa shape index (κ3) is 15.3. The highest BCUT2D eigenvalue weighted by Gasteiger charge is 2.17. The van der Waals surface area contributed by atoms with Gasteiger partial charge in [0.1, 0.15) is 0 Å². The Bertz CT molecular complexity index is 240. The molecule has 0 amide bonds. The van der Waals surface area contributed by atoms with Gasteiger partial charge in [-0.1, -0.05) is 119 Å². The van der Waals surface area contributed by atoms with Crippen LogP contribution in [0.3, 0.4) is 0 Å². The summed E-state index contributed by atoms with van der Waals surface area (Å²) in [4.78, 5) is 0. The average molecular weight is 325 g/mol. The lowest BCUT2D eigenvalue weighted by atomic mass is 9.80. The first kappa shape index (κ1) is 23.0. The maximum atomic E-state index is 2.50. The van der Waals surface area contributed by atoms with Gasteiger partial charge in [0, 0.05) is 0 Å². The average Bonchev–Trinajstić information content (AvgIpc) is 2.49. The van der Waals surface area contributed by atoms with Crippen LogP contribution in [0.1, 0.15) is 131 Å². The van der Waals surface area contributed by atoms with Gasteiger partial charge in [-0.15, -0.1) is 0 Å². The van der Waals surface area contributed by atoms with E-state index in [2.05, 4.69) is 41.5 Å². The predicted octanol–water partition coefficient (Wildman–Crippen LogP) is 8.79. The first-order valence-corrected chi connectivity index (χ1v) is 10.9. The van der Waals surface area contributed by atoms with Crippen molar-refractivity contribution in [2.45, 2.75) is 131 Å². The fraction of sp³-hybridized carbons (Fsp3) is 1.00. The molecule has 0 aromatic rings. The fourth-order valence-corrected chi connectivity index (χ4v) is 3.73. The zero-order chi connectivity index (χ0) is 17.6. The Morgan fingerprint density at radius 2 is 1.00 bits per heavy atom. The summed E-state index contributed by atoms with van der Waals surface area (Å²) >= 11 is 0. The minimum atomic E-state index is 0.565. The molecule has 0 aliphatic carbocycles. The van der Waals surface area contributed by atoms with Crippen molar-refractivity contribution in [3.8, 4) is 0 Å². The van der Waals surface area contributed by atoms with Gasteiger partial charge in [-0.05, 0) is 30.1 Å². The molecule has 2 atom stereocenters. The molecule has 0 saturated heterocycles. The standard InChI is InChI=1S/C23H48/c1-7-9-11-16-22(4)18-14-20-23(5,6)19-13-12-17-21(3)15-10-8-2/h21-22H,7-20H2,1-6H3. The van der Waals surface area contributed by atoms with Crippen LogP contribution in [0.4, 0.5) is 0 Å². The Hall–Kier alpha value is 0. The van der Waals surface area contributed by atoms with E-state index >= 15 is 0 Å². The molecule has 140 valence electrons. The molecule has 0 fully saturated rings. The largest absolute Gasteiger partial charge is 0.0654 e. The van der Waals surface area contributed by atoms with Crippen LogP contribution in [-0.2, 0) is 0 Å². The highest BCUT2D eigenvalue weighted by molar-refractivity contribution is 4.70. The van der Waals surface area contributed by atoms with E-state index in [1.807, 2.05) is 0 Å². The quantitative estimate of drug-likeness (QED) is 0.249. The van der Waals surface area contributed by atoms with Crippen molar-refractivity contribution in [3.05, 3.63) is 0 Å². The summed E-state index contributed by atoms with van der Waals surface area (Å²) < 4.78 is 0. The van der Waals surface area contributed by atoms with Crippen molar-refractivity contribution < 1.29 is 0 Å². The zero-order valence-electron chi connectivity index (χ0n) is 17.6. The van der Waals surface area contributed by atoms with Crippen molar-refractivity contribution in [3.63, 3.8) is 0 Å². The summed E-state index contributed by atoms with van der Waals surface area (Å²) in [5.41, 5.74) is 0.565. The monoisotopic (exact) mass is 324 g/mol. The first-order valence-electron chi connectivity index (χ1n) is 10.9. The van der Waals surface area contributed by atoms with Crippen molar-refractivity contribution in [1.29, 1.82) is 0 Å². The molecule has 0 saturated carbocycles. The van der Waals surface area contributed by atoms with Crippen LogP contribution >= 0.6 is 0 Å². The van der Waals surface area contributed by atoms with Crippen LogP contribution in [0.15, 0.2) is 0 Å². The smallest absolute Gasteiger partial charge is 0.0354 e. The second kappa shape index (κ2) is 14.4. The van der Waals surface area contributed by atoms with E-state index in [1.165, 1.54) is 89.9 Å². The first-order chi connectivity index (χ1) is 10.9. The molecule has 0 nitrogen and oxygen atoms in total. The molecule has 0 spiro atoms. The van der Waals surface area contributed by atoms with Crippen molar-refractivity contribution in [2.75, 3.05) is 0 Å². The van der Waals surface area contributed by atoms with E-state index < -0.39 is 0 Å². The number of unbranched alkanes of at least 4 members (excludes halogenated alkanes) is 4. The van der Waals surface area contributed by atoms with Crippen molar-refractivity contribution in [1.82, 2.24) is 0 Å². The van der Waals surface area contributed by atoms with Gasteiger partial charge in [0.2, 0.25) is 0 Å². The van der Waals surface area contributed by atoms with E-state index in [0.29, 0.717) is 5.41 Å². The topological polar surface area (TPSA) is 0 Å². The molecule has 0 bridgehead atoms. The Labute approximate surface area is 149 Å². The predicted molar refractivity (Wildman–Crippen MR) is 108 cm³/mol. The molecule has 0 aromatic carbocycles. The second-order valence-corrected chi connectivity index (χ2v) is 9.15. The van der Waals surface area contributed by atoms with Gasteiger partial charge in [0.15, 0.2) is 0 Å². The van der Waals surface area contributed by atoms with Gasteiger partial charge < -0.3 is 0 Å². The van der Waals surface area contributed by atoms with Gasteiger partial charge in [0.25, 0.3) is 0 Å². The molecule has 2 unspecified atom stereocenters. The summed E-state index contributed by atoms with van der Waals surface area (Å²) in [6.45, 7) is 14.5. The van der Waals surface area contributed by atoms with E-state index in [1.54, 1.807) is 0 Å². The maximum Gasteiger partial charge on any atom is -0.0354 e. The van der Waals surface area contributed by atoms with E-state index in [0.717, 1.165) is 11.8 Å². The molecular weight excluding hydrogens is 276 g/mol. The summed E-state index contributed by atoms with van der Waals surface area (Å²) in [5.74, 6) is 1.89. The number of hydrogen-bond donors (Lipinski definition) is 0. The lowest BCUT2D eigenvalue weighted by Gasteiger charge is -2.25. The molecule has 0 N–H and O–H groups in total. The summed E-state index contributed by atoms with van der Waals surface area (Å²) in [5, 5.41) is 0. The summed E-state index contributed by atoms with van der Waals surface area (Å²) in [6, 6.07) is 0. The molecule has 0 radical (unpaired) electrons. The van der Waals surface area contributed by atoms with Gasteiger partial charge >= 0.3 is 0 Å². The van der Waals surface area contributed by atoms with Crippen molar-refractivity contribution >= 4 is 0 Å². The van der Waals surface area contributed by atoms with E-state index in [4.69, 9.17) is 0 Å². The Kier molecular flexibility index (Phi) is 14.4. The van der Waals surface area contributed by atoms with Gasteiger partial charge in [-0.3, -0.25) is 0 Å². The summed E-state index contributed by atoms with van der Waals surface area (Å²) in [6.07, 6.45) is 20.0. The van der Waals surface area contributed by atoms with E-state index in [9.17, 15) is 0 Å². The third-order valence-electron chi connectivity index (χ3n) is 5.70. The molecule has 0 heterocycles. The Morgan fingerprint density at radius 3 is 1.57 bits per heavy atom. The lowest BCUT2D eigenvalue weighted by Crippen LogP contribution is -2.12. The second-order valence-electron chi connectivity index (χ2n) is 9.15. The number of rotatable bonds is 16. The molecule has 0 aliphatic rings. The minimum absolute atomic E-state index is 0.565. The van der Waals surface area contributed by atoms with Gasteiger partial charge in [-0.2, -0.15) is 0 Å². The van der Waals surface area contributed by atoms with Crippen LogP contribution in [0, 0.1) is 17.3 Å². The van der Waals surface area contributed by atoms with Crippen molar-refractivity contribution in [2.24, 2.45) is 17.3 Å². The Balaban J connectivity index is 3.64. The minimum Gasteiger partial charge on any atom is -0.0654 e. The Morgan fingerprint density at radius 1 is 0.565 bits per heavy atom. The third-order valence-corrected chi connectivity index (χ3v) is 5.70. The molecule has 0 aliphatic heterocycles. The van der Waals surface area contributed by atoms with Crippen LogP contribution in [0.2, 0.25) is 0 Å². The van der Waals surface area contributed by atoms with Gasteiger partial charge in [0.05, 0.1) is 0 Å².